The van der Waals surface area contributed by atoms with E-state index in [1.807, 2.05) is 24.3 Å². The summed E-state index contributed by atoms with van der Waals surface area (Å²) in [6.07, 6.45) is 1.05. The van der Waals surface area contributed by atoms with Crippen molar-refractivity contribution in [1.82, 2.24) is 9.78 Å². The minimum Gasteiger partial charge on any atom is -0.497 e. The molecule has 1 aromatic heterocycles. The number of methoxy groups -OCH3 is 1. The summed E-state index contributed by atoms with van der Waals surface area (Å²) in [5.41, 5.74) is 8.64. The molecule has 3 aromatic rings. The largest absolute Gasteiger partial charge is 0.497 e. The number of ether oxygens (including phenoxy) is 1. The fourth-order valence-corrected chi connectivity index (χ4v) is 3.95. The Morgan fingerprint density at radius 3 is 2.41 bits per heavy atom. The van der Waals surface area contributed by atoms with Gasteiger partial charge in [0.1, 0.15) is 11.4 Å². The maximum absolute atomic E-state index is 13.5. The molecule has 10 nitrogen and oxygen atoms in total. The van der Waals surface area contributed by atoms with Gasteiger partial charge >= 0.3 is 5.97 Å². The van der Waals surface area contributed by atoms with Crippen molar-refractivity contribution in [3.63, 3.8) is 0 Å². The number of carboxylic acid groups (broad SMARTS) is 1. The Bertz CT molecular complexity index is 1220. The van der Waals surface area contributed by atoms with Gasteiger partial charge in [0.15, 0.2) is 5.69 Å². The highest BCUT2D eigenvalue weighted by Gasteiger charge is 2.34. The van der Waals surface area contributed by atoms with E-state index in [4.69, 9.17) is 15.6 Å². The molecule has 0 spiro atoms. The molecule has 2 amide bonds. The first-order chi connectivity index (χ1) is 16.4. The monoisotopic (exact) mass is 463 g/mol. The third-order valence-electron chi connectivity index (χ3n) is 5.64. The van der Waals surface area contributed by atoms with Crippen LogP contribution in [0.3, 0.4) is 0 Å². The number of carbonyl (C=O) groups excluding carboxylic acids is 2. The highest BCUT2D eigenvalue weighted by atomic mass is 16.5. The van der Waals surface area contributed by atoms with Crippen LogP contribution >= 0.6 is 0 Å². The number of amides is 2. The lowest BCUT2D eigenvalue weighted by molar-refractivity contribution is -0.137. The molecule has 176 valence electrons. The van der Waals surface area contributed by atoms with E-state index in [2.05, 4.69) is 10.4 Å². The normalized spacial score (nSPS) is 12.9. The Kier molecular flexibility index (Phi) is 6.48. The Labute approximate surface area is 195 Å². The first-order valence-corrected chi connectivity index (χ1v) is 10.8. The van der Waals surface area contributed by atoms with Gasteiger partial charge in [-0.3, -0.25) is 14.4 Å². The van der Waals surface area contributed by atoms with Gasteiger partial charge in [-0.05, 0) is 61.4 Å². The maximum atomic E-state index is 13.5. The molecule has 2 aromatic carbocycles. The van der Waals surface area contributed by atoms with Crippen LogP contribution in [0.5, 0.6) is 5.75 Å². The molecule has 0 saturated heterocycles. The van der Waals surface area contributed by atoms with Gasteiger partial charge in [0.2, 0.25) is 0 Å². The lowest BCUT2D eigenvalue weighted by Crippen LogP contribution is -2.39. The lowest BCUT2D eigenvalue weighted by atomic mass is 10.0. The van der Waals surface area contributed by atoms with Crippen molar-refractivity contribution in [2.45, 2.75) is 19.3 Å². The number of rotatable bonds is 9. The first-order valence-electron chi connectivity index (χ1n) is 10.8. The number of carbonyl (C=O) groups is 3. The van der Waals surface area contributed by atoms with Crippen LogP contribution in [0.1, 0.15) is 39.4 Å². The van der Waals surface area contributed by atoms with Crippen molar-refractivity contribution in [2.75, 3.05) is 30.4 Å². The molecule has 0 bridgehead atoms. The van der Waals surface area contributed by atoms with Crippen LogP contribution in [0.25, 0.3) is 5.69 Å². The summed E-state index contributed by atoms with van der Waals surface area (Å²) in [5, 5.41) is 16.3. The van der Waals surface area contributed by atoms with Crippen LogP contribution in [-0.4, -0.2) is 52.9 Å². The molecule has 0 unspecified atom stereocenters. The zero-order chi connectivity index (χ0) is 24.2. The highest BCUT2D eigenvalue weighted by Crippen LogP contribution is 2.29. The number of primary amides is 1. The second-order valence-corrected chi connectivity index (χ2v) is 7.83. The zero-order valence-electron chi connectivity index (χ0n) is 18.7. The predicted octanol–water partition coefficient (Wildman–Crippen LogP) is 2.46. The molecule has 0 atom stereocenters. The molecule has 1 aliphatic rings. The van der Waals surface area contributed by atoms with Crippen LogP contribution < -0.4 is 20.7 Å². The number of aromatic nitrogens is 2. The average Bonchev–Trinajstić information content (AvgIpc) is 3.23. The molecule has 0 radical (unpaired) electrons. The van der Waals surface area contributed by atoms with Gasteiger partial charge in [0.25, 0.3) is 11.8 Å². The van der Waals surface area contributed by atoms with Crippen LogP contribution in [0, 0.1) is 0 Å². The van der Waals surface area contributed by atoms with Crippen LogP contribution in [-0.2, 0) is 11.2 Å². The van der Waals surface area contributed by atoms with Crippen LogP contribution in [0.2, 0.25) is 0 Å². The highest BCUT2D eigenvalue weighted by molar-refractivity contribution is 6.09. The number of fused-ring (bicyclic) bond motifs is 1. The van der Waals surface area contributed by atoms with E-state index in [1.54, 1.807) is 36.3 Å². The third kappa shape index (κ3) is 4.56. The third-order valence-corrected chi connectivity index (χ3v) is 5.64. The standard InChI is InChI=1S/C24H25N5O5/c1-34-18-10-8-17(9-11-18)29-22-19(21(27-29)23(25)32)12-14-28(24(22)33)16-6-4-15(5-7-16)26-13-2-3-20(30)31/h4-11,26H,2-3,12-14H2,1H3,(H2,25,32)(H,30,31). The van der Waals surface area contributed by atoms with Crippen LogP contribution in [0.15, 0.2) is 48.5 Å². The molecule has 0 saturated carbocycles. The van der Waals surface area contributed by atoms with Gasteiger partial charge in [-0.2, -0.15) is 5.10 Å². The number of carboxylic acids is 1. The summed E-state index contributed by atoms with van der Waals surface area (Å²) in [4.78, 5) is 37.8. The van der Waals surface area contributed by atoms with E-state index in [0.717, 1.165) is 5.69 Å². The molecule has 4 N–H and O–H groups in total. The SMILES string of the molecule is COc1ccc(-n2nc(C(N)=O)c3c2C(=O)N(c2ccc(NCCCC(=O)O)cc2)CC3)cc1. The van der Waals surface area contributed by atoms with Crippen molar-refractivity contribution in [3.8, 4) is 11.4 Å². The van der Waals surface area contributed by atoms with Gasteiger partial charge in [-0.15, -0.1) is 0 Å². The summed E-state index contributed by atoms with van der Waals surface area (Å²) >= 11 is 0. The van der Waals surface area contributed by atoms with Gasteiger partial charge in [-0.25, -0.2) is 4.68 Å². The van der Waals surface area contributed by atoms with E-state index in [0.29, 0.717) is 54.3 Å². The van der Waals surface area contributed by atoms with Crippen LogP contribution in [0.4, 0.5) is 11.4 Å². The van der Waals surface area contributed by atoms with Crippen molar-refractivity contribution in [1.29, 1.82) is 0 Å². The second-order valence-electron chi connectivity index (χ2n) is 7.83. The van der Waals surface area contributed by atoms with Gasteiger partial charge in [0.05, 0.1) is 12.8 Å². The van der Waals surface area contributed by atoms with E-state index in [1.165, 1.54) is 4.68 Å². The lowest BCUT2D eigenvalue weighted by Gasteiger charge is -2.28. The van der Waals surface area contributed by atoms with Gasteiger partial charge < -0.3 is 25.8 Å². The number of nitrogens with zero attached hydrogens (tertiary/aromatic N) is 3. The maximum Gasteiger partial charge on any atom is 0.303 e. The molecule has 1 aliphatic heterocycles. The fraction of sp³-hybridized carbons (Fsp3) is 0.250. The summed E-state index contributed by atoms with van der Waals surface area (Å²) in [6.45, 7) is 0.917. The number of hydrogen-bond donors (Lipinski definition) is 3. The summed E-state index contributed by atoms with van der Waals surface area (Å²) in [5.74, 6) is -1.12. The predicted molar refractivity (Wildman–Crippen MR) is 126 cm³/mol. The Hall–Kier alpha value is -4.34. The fourth-order valence-electron chi connectivity index (χ4n) is 3.95. The second kappa shape index (κ2) is 9.65. The summed E-state index contributed by atoms with van der Waals surface area (Å²) < 4.78 is 6.66. The van der Waals surface area contributed by atoms with E-state index >= 15 is 0 Å². The number of anilines is 2. The zero-order valence-corrected chi connectivity index (χ0v) is 18.7. The summed E-state index contributed by atoms with van der Waals surface area (Å²) in [6, 6.07) is 14.4. The number of benzene rings is 2. The average molecular weight is 463 g/mol. The minimum atomic E-state index is -0.825. The van der Waals surface area contributed by atoms with E-state index < -0.39 is 11.9 Å². The minimum absolute atomic E-state index is 0.0970. The topological polar surface area (TPSA) is 140 Å². The van der Waals surface area contributed by atoms with E-state index in [-0.39, 0.29) is 18.0 Å². The molecule has 0 fully saturated rings. The Morgan fingerprint density at radius 2 is 1.79 bits per heavy atom. The molecule has 0 aliphatic carbocycles. The molecule has 2 heterocycles. The molecule has 10 heteroatoms. The molecule has 34 heavy (non-hydrogen) atoms. The smallest absolute Gasteiger partial charge is 0.303 e. The number of nitrogens with two attached hydrogens (primary N) is 1. The van der Waals surface area contributed by atoms with Crippen molar-refractivity contribution < 1.29 is 24.2 Å². The molecule has 4 rings (SSSR count). The quantitative estimate of drug-likeness (QED) is 0.414. The Balaban J connectivity index is 1.59. The van der Waals surface area contributed by atoms with Crippen molar-refractivity contribution in [2.24, 2.45) is 5.73 Å². The Morgan fingerprint density at radius 1 is 1.12 bits per heavy atom. The number of hydrogen-bond acceptors (Lipinski definition) is 6. The van der Waals surface area contributed by atoms with E-state index in [9.17, 15) is 14.4 Å². The van der Waals surface area contributed by atoms with Crippen molar-refractivity contribution >= 4 is 29.2 Å². The summed E-state index contributed by atoms with van der Waals surface area (Å²) in [7, 11) is 1.56. The van der Waals surface area contributed by atoms with Gasteiger partial charge in [0, 0.05) is 36.4 Å². The van der Waals surface area contributed by atoms with Gasteiger partial charge in [-0.1, -0.05) is 0 Å². The molecular weight excluding hydrogens is 438 g/mol. The number of aliphatic carboxylic acids is 1. The molecular formula is C24H25N5O5. The van der Waals surface area contributed by atoms with Crippen molar-refractivity contribution in [3.05, 3.63) is 65.5 Å². The number of nitrogens with one attached hydrogen (secondary N) is 1. The first kappa shape index (κ1) is 22.8.